The largest absolute Gasteiger partial charge is 0.326 e. The molecular weight excluding hydrogens is 350 g/mol. The highest BCUT2D eigenvalue weighted by Gasteiger charge is 2.23. The summed E-state index contributed by atoms with van der Waals surface area (Å²) in [4.78, 5) is 27.1. The van der Waals surface area contributed by atoms with Gasteiger partial charge in [0.2, 0.25) is 11.8 Å². The third kappa shape index (κ3) is 4.25. The average molecular weight is 377 g/mol. The molecule has 0 bridgehead atoms. The van der Waals surface area contributed by atoms with Gasteiger partial charge in [-0.2, -0.15) is 0 Å². The van der Waals surface area contributed by atoms with Gasteiger partial charge in [0.25, 0.3) is 0 Å². The van der Waals surface area contributed by atoms with Crippen molar-refractivity contribution < 1.29 is 9.59 Å². The molecule has 2 N–H and O–H groups in total. The SMILES string of the molecule is O=C(Nc1ccc(CC(=O)N2CCCc3ccccc32)cc1)C1CCCNC1. The van der Waals surface area contributed by atoms with Gasteiger partial charge in [-0.3, -0.25) is 9.59 Å². The summed E-state index contributed by atoms with van der Waals surface area (Å²) < 4.78 is 0. The quantitative estimate of drug-likeness (QED) is 0.860. The molecule has 2 aliphatic heterocycles. The molecule has 146 valence electrons. The van der Waals surface area contributed by atoms with Crippen LogP contribution in [-0.4, -0.2) is 31.4 Å². The first kappa shape index (κ1) is 18.7. The first-order valence-electron chi connectivity index (χ1n) is 10.2. The minimum absolute atomic E-state index is 0.0363. The summed E-state index contributed by atoms with van der Waals surface area (Å²) >= 11 is 0. The number of piperidine rings is 1. The Bertz CT molecular complexity index is 841. The van der Waals surface area contributed by atoms with Crippen molar-refractivity contribution in [3.63, 3.8) is 0 Å². The van der Waals surface area contributed by atoms with E-state index in [-0.39, 0.29) is 17.7 Å². The van der Waals surface area contributed by atoms with Crippen LogP contribution in [0.15, 0.2) is 48.5 Å². The maximum atomic E-state index is 12.8. The van der Waals surface area contributed by atoms with Crippen LogP contribution in [-0.2, 0) is 22.4 Å². The maximum absolute atomic E-state index is 12.8. The van der Waals surface area contributed by atoms with E-state index in [2.05, 4.69) is 16.7 Å². The summed E-state index contributed by atoms with van der Waals surface area (Å²) in [6, 6.07) is 15.8. The lowest BCUT2D eigenvalue weighted by Crippen LogP contribution is -2.37. The van der Waals surface area contributed by atoms with Gasteiger partial charge in [-0.25, -0.2) is 0 Å². The van der Waals surface area contributed by atoms with E-state index < -0.39 is 0 Å². The average Bonchev–Trinajstić information content (AvgIpc) is 2.75. The van der Waals surface area contributed by atoms with Crippen molar-refractivity contribution in [2.24, 2.45) is 5.92 Å². The van der Waals surface area contributed by atoms with Gasteiger partial charge in [0, 0.05) is 24.5 Å². The molecule has 2 aromatic rings. The van der Waals surface area contributed by atoms with Crippen molar-refractivity contribution in [3.8, 4) is 0 Å². The van der Waals surface area contributed by atoms with Crippen molar-refractivity contribution in [1.29, 1.82) is 0 Å². The number of fused-ring (bicyclic) bond motifs is 1. The molecule has 28 heavy (non-hydrogen) atoms. The van der Waals surface area contributed by atoms with Crippen LogP contribution in [0, 0.1) is 5.92 Å². The van der Waals surface area contributed by atoms with E-state index in [1.165, 1.54) is 5.56 Å². The first-order chi connectivity index (χ1) is 13.7. The van der Waals surface area contributed by atoms with Gasteiger partial charge >= 0.3 is 0 Å². The molecule has 0 radical (unpaired) electrons. The van der Waals surface area contributed by atoms with E-state index in [1.54, 1.807) is 0 Å². The second-order valence-electron chi connectivity index (χ2n) is 7.68. The number of hydrogen-bond acceptors (Lipinski definition) is 3. The van der Waals surface area contributed by atoms with Gasteiger partial charge in [0.05, 0.1) is 12.3 Å². The number of anilines is 2. The molecule has 4 rings (SSSR count). The molecule has 5 nitrogen and oxygen atoms in total. The Labute approximate surface area is 166 Å². The molecule has 1 atom stereocenters. The number of amides is 2. The highest BCUT2D eigenvalue weighted by atomic mass is 16.2. The highest BCUT2D eigenvalue weighted by molar-refractivity contribution is 5.96. The first-order valence-corrected chi connectivity index (χ1v) is 10.2. The van der Waals surface area contributed by atoms with Crippen LogP contribution >= 0.6 is 0 Å². The lowest BCUT2D eigenvalue weighted by atomic mass is 9.98. The Morgan fingerprint density at radius 2 is 1.89 bits per heavy atom. The number of benzene rings is 2. The molecule has 2 aliphatic rings. The van der Waals surface area contributed by atoms with E-state index in [0.29, 0.717) is 6.42 Å². The van der Waals surface area contributed by atoms with E-state index in [1.807, 2.05) is 47.4 Å². The fourth-order valence-electron chi connectivity index (χ4n) is 4.09. The Morgan fingerprint density at radius 1 is 1.07 bits per heavy atom. The lowest BCUT2D eigenvalue weighted by Gasteiger charge is -2.29. The molecule has 0 aromatic heterocycles. The third-order valence-electron chi connectivity index (χ3n) is 5.66. The number of para-hydroxylation sites is 1. The second-order valence-corrected chi connectivity index (χ2v) is 7.68. The Morgan fingerprint density at radius 3 is 2.68 bits per heavy atom. The van der Waals surface area contributed by atoms with Crippen molar-refractivity contribution in [1.82, 2.24) is 5.32 Å². The van der Waals surface area contributed by atoms with Crippen LogP contribution in [0.1, 0.15) is 30.4 Å². The fraction of sp³-hybridized carbons (Fsp3) is 0.391. The zero-order valence-electron chi connectivity index (χ0n) is 16.1. The molecule has 1 fully saturated rings. The molecule has 5 heteroatoms. The van der Waals surface area contributed by atoms with E-state index in [4.69, 9.17) is 0 Å². The fourth-order valence-corrected chi connectivity index (χ4v) is 4.09. The zero-order chi connectivity index (χ0) is 19.3. The summed E-state index contributed by atoms with van der Waals surface area (Å²) in [5.74, 6) is 0.229. The normalized spacial score (nSPS) is 19.0. The second kappa shape index (κ2) is 8.57. The number of nitrogens with zero attached hydrogens (tertiary/aromatic N) is 1. The Hall–Kier alpha value is -2.66. The monoisotopic (exact) mass is 377 g/mol. The molecule has 0 spiro atoms. The van der Waals surface area contributed by atoms with Gasteiger partial charge in [-0.05, 0) is 61.6 Å². The molecule has 0 saturated carbocycles. The van der Waals surface area contributed by atoms with Gasteiger partial charge in [-0.1, -0.05) is 30.3 Å². The molecule has 2 aromatic carbocycles. The predicted octanol–water partition coefficient (Wildman–Crippen LogP) is 3.15. The molecule has 1 unspecified atom stereocenters. The van der Waals surface area contributed by atoms with Crippen LogP contribution in [0.4, 0.5) is 11.4 Å². The number of rotatable bonds is 4. The van der Waals surface area contributed by atoms with Crippen LogP contribution in [0.3, 0.4) is 0 Å². The summed E-state index contributed by atoms with van der Waals surface area (Å²) in [6.45, 7) is 2.52. The van der Waals surface area contributed by atoms with Crippen molar-refractivity contribution in [2.75, 3.05) is 29.9 Å². The molecular formula is C23H27N3O2. The number of carbonyl (C=O) groups excluding carboxylic acids is 2. The van der Waals surface area contributed by atoms with Gasteiger partial charge in [-0.15, -0.1) is 0 Å². The van der Waals surface area contributed by atoms with E-state index in [0.717, 1.165) is 62.3 Å². The summed E-state index contributed by atoms with van der Waals surface area (Å²) in [5, 5.41) is 6.26. The summed E-state index contributed by atoms with van der Waals surface area (Å²) in [6.07, 6.45) is 4.38. The summed E-state index contributed by atoms with van der Waals surface area (Å²) in [5.41, 5.74) is 4.04. The number of aryl methyl sites for hydroxylation is 1. The minimum atomic E-state index is 0.0363. The van der Waals surface area contributed by atoms with Crippen molar-refractivity contribution in [3.05, 3.63) is 59.7 Å². The van der Waals surface area contributed by atoms with E-state index >= 15 is 0 Å². The number of nitrogens with one attached hydrogen (secondary N) is 2. The van der Waals surface area contributed by atoms with Crippen molar-refractivity contribution in [2.45, 2.75) is 32.1 Å². The van der Waals surface area contributed by atoms with Crippen LogP contribution in [0.2, 0.25) is 0 Å². The van der Waals surface area contributed by atoms with Crippen molar-refractivity contribution >= 4 is 23.2 Å². The van der Waals surface area contributed by atoms with Crippen LogP contribution in [0.25, 0.3) is 0 Å². The Kier molecular flexibility index (Phi) is 5.72. The molecule has 2 amide bonds. The predicted molar refractivity (Wildman–Crippen MR) is 111 cm³/mol. The standard InChI is InChI=1S/C23H27N3O2/c27-22(26-14-4-7-18-5-1-2-8-21(18)26)15-17-9-11-20(12-10-17)25-23(28)19-6-3-13-24-16-19/h1-2,5,8-12,19,24H,3-4,6-7,13-16H2,(H,25,28). The van der Waals surface area contributed by atoms with Gasteiger partial charge in [0.15, 0.2) is 0 Å². The van der Waals surface area contributed by atoms with Crippen LogP contribution in [0.5, 0.6) is 0 Å². The Balaban J connectivity index is 1.37. The molecule has 1 saturated heterocycles. The zero-order valence-corrected chi connectivity index (χ0v) is 16.1. The minimum Gasteiger partial charge on any atom is -0.326 e. The van der Waals surface area contributed by atoms with Crippen LogP contribution < -0.4 is 15.5 Å². The maximum Gasteiger partial charge on any atom is 0.231 e. The molecule has 0 aliphatic carbocycles. The van der Waals surface area contributed by atoms with Gasteiger partial charge in [0.1, 0.15) is 0 Å². The highest BCUT2D eigenvalue weighted by Crippen LogP contribution is 2.27. The summed E-state index contributed by atoms with van der Waals surface area (Å²) in [7, 11) is 0. The molecule has 2 heterocycles. The van der Waals surface area contributed by atoms with E-state index in [9.17, 15) is 9.59 Å². The lowest BCUT2D eigenvalue weighted by molar-refractivity contribution is -0.120. The topological polar surface area (TPSA) is 61.4 Å². The smallest absolute Gasteiger partial charge is 0.231 e. The third-order valence-corrected chi connectivity index (χ3v) is 5.66. The van der Waals surface area contributed by atoms with Gasteiger partial charge < -0.3 is 15.5 Å². The number of hydrogen-bond donors (Lipinski definition) is 2. The number of carbonyl (C=O) groups is 2.